The number of hydrogen-bond donors (Lipinski definition) is 3. The lowest BCUT2D eigenvalue weighted by molar-refractivity contribution is 0.414. The van der Waals surface area contributed by atoms with E-state index in [1.165, 1.54) is 6.07 Å². The van der Waals surface area contributed by atoms with Gasteiger partial charge in [0, 0.05) is 12.1 Å². The highest BCUT2D eigenvalue weighted by molar-refractivity contribution is 6.00. The number of H-pyrrole nitrogens is 1. The van der Waals surface area contributed by atoms with Gasteiger partial charge in [0.15, 0.2) is 5.88 Å². The third kappa shape index (κ3) is 1.95. The molecule has 104 valence electrons. The quantitative estimate of drug-likeness (QED) is 0.785. The molecule has 0 unspecified atom stereocenters. The van der Waals surface area contributed by atoms with Crippen molar-refractivity contribution in [1.29, 1.82) is 0 Å². The van der Waals surface area contributed by atoms with Crippen molar-refractivity contribution in [2.24, 2.45) is 4.99 Å². The summed E-state index contributed by atoms with van der Waals surface area (Å²) < 4.78 is 5.19. The Morgan fingerprint density at radius 1 is 1.30 bits per heavy atom. The second-order valence-electron chi connectivity index (χ2n) is 4.63. The van der Waals surface area contributed by atoms with E-state index in [-0.39, 0.29) is 11.8 Å². The van der Waals surface area contributed by atoms with Crippen LogP contribution in [0.2, 0.25) is 0 Å². The first kappa shape index (κ1) is 12.4. The number of benzene rings is 1. The number of anilines is 1. The molecule has 1 aromatic heterocycles. The van der Waals surface area contributed by atoms with E-state index in [4.69, 9.17) is 4.74 Å². The fourth-order valence-corrected chi connectivity index (χ4v) is 2.31. The number of fused-ring (bicyclic) bond motifs is 1. The number of amidine groups is 1. The minimum absolute atomic E-state index is 0.0750. The predicted molar refractivity (Wildman–Crippen MR) is 76.1 cm³/mol. The van der Waals surface area contributed by atoms with E-state index in [1.54, 1.807) is 7.11 Å². The number of rotatable bonds is 2. The summed E-state index contributed by atoms with van der Waals surface area (Å²) in [5, 5.41) is 19.2. The molecule has 3 rings (SSSR count). The molecule has 20 heavy (non-hydrogen) atoms. The number of ether oxygens (including phenoxy) is 1. The monoisotopic (exact) mass is 273 g/mol. The van der Waals surface area contributed by atoms with Gasteiger partial charge in [-0.15, -0.1) is 0 Å². The smallest absolute Gasteiger partial charge is 0.215 e. The minimum Gasteiger partial charge on any atom is -0.497 e. The van der Waals surface area contributed by atoms with E-state index in [9.17, 15) is 10.2 Å². The van der Waals surface area contributed by atoms with Gasteiger partial charge in [0.25, 0.3) is 0 Å². The summed E-state index contributed by atoms with van der Waals surface area (Å²) >= 11 is 0. The van der Waals surface area contributed by atoms with Crippen LogP contribution < -0.4 is 9.64 Å². The molecule has 1 aliphatic rings. The van der Waals surface area contributed by atoms with Gasteiger partial charge < -0.3 is 19.8 Å². The third-order valence-electron chi connectivity index (χ3n) is 3.35. The molecule has 2 heterocycles. The van der Waals surface area contributed by atoms with Crippen molar-refractivity contribution in [3.05, 3.63) is 29.8 Å². The molecule has 0 spiro atoms. The zero-order chi connectivity index (χ0) is 14.3. The number of aromatic amines is 1. The van der Waals surface area contributed by atoms with E-state index >= 15 is 0 Å². The summed E-state index contributed by atoms with van der Waals surface area (Å²) in [6, 6.07) is 7.18. The number of nitrogens with zero attached hydrogens (tertiary/aromatic N) is 2. The summed E-state index contributed by atoms with van der Waals surface area (Å²) in [7, 11) is 1.62. The van der Waals surface area contributed by atoms with Gasteiger partial charge in [0.2, 0.25) is 5.88 Å². The molecule has 0 radical (unpaired) electrons. The molecule has 0 bridgehead atoms. The highest BCUT2D eigenvalue weighted by Gasteiger charge is 2.22. The Balaban J connectivity index is 2.01. The standard InChI is InChI=1S/C14H15N3O3/c1-8-15-11-5-10(20-2)4-3-9(11)7-17(8)12-6-13(18)16-14(12)19/h3-6,16,18-19H,7H2,1-2H3. The average Bonchev–Trinajstić information content (AvgIpc) is 2.76. The zero-order valence-corrected chi connectivity index (χ0v) is 11.2. The molecule has 0 fully saturated rings. The van der Waals surface area contributed by atoms with E-state index in [2.05, 4.69) is 9.98 Å². The van der Waals surface area contributed by atoms with Crippen LogP contribution in [0.3, 0.4) is 0 Å². The second-order valence-corrected chi connectivity index (χ2v) is 4.63. The van der Waals surface area contributed by atoms with Gasteiger partial charge in [0.1, 0.15) is 17.3 Å². The van der Waals surface area contributed by atoms with Gasteiger partial charge in [0.05, 0.1) is 19.3 Å². The van der Waals surface area contributed by atoms with E-state index in [0.717, 1.165) is 22.8 Å². The van der Waals surface area contributed by atoms with Crippen LogP contribution in [0.1, 0.15) is 12.5 Å². The maximum Gasteiger partial charge on any atom is 0.215 e. The normalized spacial score (nSPS) is 13.9. The molecule has 0 aliphatic carbocycles. The van der Waals surface area contributed by atoms with Crippen molar-refractivity contribution in [2.45, 2.75) is 13.5 Å². The Hall–Kier alpha value is -2.63. The Bertz CT molecular complexity index is 691. The van der Waals surface area contributed by atoms with Crippen LogP contribution in [-0.4, -0.2) is 28.1 Å². The van der Waals surface area contributed by atoms with Crippen molar-refractivity contribution in [1.82, 2.24) is 4.98 Å². The average molecular weight is 273 g/mol. The van der Waals surface area contributed by atoms with Gasteiger partial charge in [-0.05, 0) is 18.6 Å². The van der Waals surface area contributed by atoms with Crippen LogP contribution in [-0.2, 0) is 6.54 Å². The summed E-state index contributed by atoms with van der Waals surface area (Å²) in [6.45, 7) is 2.42. The van der Waals surface area contributed by atoms with E-state index in [0.29, 0.717) is 12.2 Å². The molecule has 6 heteroatoms. The van der Waals surface area contributed by atoms with Crippen LogP contribution in [0.15, 0.2) is 29.3 Å². The number of nitrogens with one attached hydrogen (secondary N) is 1. The van der Waals surface area contributed by atoms with E-state index < -0.39 is 0 Å². The third-order valence-corrected chi connectivity index (χ3v) is 3.35. The number of methoxy groups -OCH3 is 1. The fourth-order valence-electron chi connectivity index (χ4n) is 2.31. The Morgan fingerprint density at radius 3 is 2.75 bits per heavy atom. The lowest BCUT2D eigenvalue weighted by Crippen LogP contribution is -2.30. The Labute approximate surface area is 116 Å². The lowest BCUT2D eigenvalue weighted by Gasteiger charge is -2.28. The minimum atomic E-state index is -0.0779. The van der Waals surface area contributed by atoms with Gasteiger partial charge in [-0.25, -0.2) is 4.99 Å². The van der Waals surface area contributed by atoms with Crippen LogP contribution in [0.25, 0.3) is 0 Å². The highest BCUT2D eigenvalue weighted by Crippen LogP contribution is 2.37. The Kier molecular flexibility index (Phi) is 2.78. The molecule has 0 saturated carbocycles. The second kappa shape index (κ2) is 4.48. The predicted octanol–water partition coefficient (Wildman–Crippen LogP) is 2.50. The lowest BCUT2D eigenvalue weighted by atomic mass is 10.1. The topological polar surface area (TPSA) is 81.1 Å². The van der Waals surface area contributed by atoms with Crippen LogP contribution in [0.5, 0.6) is 17.5 Å². The van der Waals surface area contributed by atoms with Crippen molar-refractivity contribution in [3.8, 4) is 17.5 Å². The Morgan fingerprint density at radius 2 is 2.10 bits per heavy atom. The van der Waals surface area contributed by atoms with Crippen LogP contribution in [0.4, 0.5) is 11.4 Å². The SMILES string of the molecule is COc1ccc2c(c1)N=C(C)N(c1cc(O)[nH]c1O)C2. The number of aromatic nitrogens is 1. The van der Waals surface area contributed by atoms with Crippen LogP contribution >= 0.6 is 0 Å². The number of aliphatic imine (C=N–C) groups is 1. The maximum absolute atomic E-state index is 9.80. The molecule has 0 amide bonds. The number of aromatic hydroxyl groups is 2. The maximum atomic E-state index is 9.80. The summed E-state index contributed by atoms with van der Waals surface area (Å²) in [5.41, 5.74) is 2.39. The summed E-state index contributed by atoms with van der Waals surface area (Å²) in [6.07, 6.45) is 0. The molecule has 1 aliphatic heterocycles. The first-order valence-corrected chi connectivity index (χ1v) is 6.19. The fraction of sp³-hybridized carbons (Fsp3) is 0.214. The van der Waals surface area contributed by atoms with Crippen molar-refractivity contribution in [3.63, 3.8) is 0 Å². The van der Waals surface area contributed by atoms with Gasteiger partial charge >= 0.3 is 0 Å². The van der Waals surface area contributed by atoms with Crippen molar-refractivity contribution < 1.29 is 14.9 Å². The first-order chi connectivity index (χ1) is 9.58. The molecular formula is C14H15N3O3. The molecule has 6 nitrogen and oxygen atoms in total. The molecule has 2 aromatic rings. The van der Waals surface area contributed by atoms with E-state index in [1.807, 2.05) is 30.0 Å². The summed E-state index contributed by atoms with van der Waals surface area (Å²) in [4.78, 5) is 8.81. The van der Waals surface area contributed by atoms with Crippen LogP contribution in [0, 0.1) is 0 Å². The van der Waals surface area contributed by atoms with Gasteiger partial charge in [-0.2, -0.15) is 0 Å². The molecule has 3 N–H and O–H groups in total. The van der Waals surface area contributed by atoms with Gasteiger partial charge in [-0.1, -0.05) is 6.07 Å². The largest absolute Gasteiger partial charge is 0.497 e. The molecular weight excluding hydrogens is 258 g/mol. The summed E-state index contributed by atoms with van der Waals surface area (Å²) in [5.74, 6) is 1.34. The van der Waals surface area contributed by atoms with Gasteiger partial charge in [-0.3, -0.25) is 4.98 Å². The van der Waals surface area contributed by atoms with Crippen molar-refractivity contribution in [2.75, 3.05) is 12.0 Å². The highest BCUT2D eigenvalue weighted by atomic mass is 16.5. The molecule has 0 atom stereocenters. The zero-order valence-electron chi connectivity index (χ0n) is 11.2. The first-order valence-electron chi connectivity index (χ1n) is 6.19. The molecule has 0 saturated heterocycles. The number of hydrogen-bond acceptors (Lipinski definition) is 5. The molecule has 1 aromatic carbocycles. The van der Waals surface area contributed by atoms with Crippen molar-refractivity contribution >= 4 is 17.2 Å².